The van der Waals surface area contributed by atoms with Gasteiger partial charge in [-0.1, -0.05) is 47.5 Å². The minimum Gasteiger partial charge on any atom is -0.496 e. The zero-order chi connectivity index (χ0) is 37.2. The molecule has 2 aromatic carbocycles. The van der Waals surface area contributed by atoms with Crippen LogP contribution >= 0.6 is 23.2 Å². The van der Waals surface area contributed by atoms with Gasteiger partial charge in [0.2, 0.25) is 11.8 Å². The minimum atomic E-state index is -0.349. The molecule has 3 aliphatic heterocycles. The number of piperidine rings is 1. The molecule has 3 N–H and O–H groups in total. The Hall–Kier alpha value is -4.49. The molecule has 53 heavy (non-hydrogen) atoms. The van der Waals surface area contributed by atoms with Crippen molar-refractivity contribution in [2.45, 2.75) is 64.2 Å². The van der Waals surface area contributed by atoms with Gasteiger partial charge in [0.1, 0.15) is 5.75 Å². The second-order valence-electron chi connectivity index (χ2n) is 13.9. The van der Waals surface area contributed by atoms with E-state index < -0.39 is 0 Å². The summed E-state index contributed by atoms with van der Waals surface area (Å²) in [5.74, 6) is 0.893. The monoisotopic (exact) mass is 758 g/mol. The van der Waals surface area contributed by atoms with Crippen LogP contribution in [0.5, 0.6) is 5.75 Å². The zero-order valence-electron chi connectivity index (χ0n) is 30.2. The lowest BCUT2D eigenvalue weighted by Crippen LogP contribution is -2.47. The highest BCUT2D eigenvalue weighted by Gasteiger charge is 2.32. The number of aromatic nitrogens is 3. The van der Waals surface area contributed by atoms with Crippen LogP contribution in [0, 0.1) is 0 Å². The number of pyridine rings is 1. The predicted molar refractivity (Wildman–Crippen MR) is 205 cm³/mol. The number of methoxy groups -OCH3 is 1. The van der Waals surface area contributed by atoms with E-state index in [1.165, 1.54) is 0 Å². The normalized spacial score (nSPS) is 17.8. The van der Waals surface area contributed by atoms with Gasteiger partial charge in [0, 0.05) is 112 Å². The van der Waals surface area contributed by atoms with Crippen LogP contribution in [0.25, 0.3) is 22.4 Å². The average molecular weight is 760 g/mol. The number of nitrogens with zero attached hydrogens (tertiary/aromatic N) is 5. The van der Waals surface area contributed by atoms with Crippen molar-refractivity contribution in [2.24, 2.45) is 7.05 Å². The molecule has 2 aromatic heterocycles. The van der Waals surface area contributed by atoms with Crippen molar-refractivity contribution >= 4 is 46.6 Å². The number of benzene rings is 2. The third-order valence-corrected chi connectivity index (χ3v) is 11.5. The van der Waals surface area contributed by atoms with Gasteiger partial charge in [-0.2, -0.15) is 0 Å². The van der Waals surface area contributed by atoms with Gasteiger partial charge in [0.15, 0.2) is 5.82 Å². The first kappa shape index (κ1) is 36.9. The highest BCUT2D eigenvalue weighted by molar-refractivity contribution is 6.39. The molecule has 1 atom stereocenters. The first-order valence-corrected chi connectivity index (χ1v) is 18.8. The van der Waals surface area contributed by atoms with Gasteiger partial charge in [-0.15, -0.1) is 0 Å². The van der Waals surface area contributed by atoms with E-state index in [1.54, 1.807) is 32.4 Å². The minimum absolute atomic E-state index is 0.0959. The summed E-state index contributed by atoms with van der Waals surface area (Å²) >= 11 is 14.0. The summed E-state index contributed by atoms with van der Waals surface area (Å²) in [6, 6.07) is 13.6. The van der Waals surface area contributed by atoms with Gasteiger partial charge >= 0.3 is 0 Å². The molecule has 0 aliphatic carbocycles. The molecule has 2 fully saturated rings. The summed E-state index contributed by atoms with van der Waals surface area (Å²) in [7, 11) is 3.51. The number of anilines is 1. The van der Waals surface area contributed by atoms with Crippen molar-refractivity contribution in [1.82, 2.24) is 35.0 Å². The maximum atomic E-state index is 13.7. The van der Waals surface area contributed by atoms with Gasteiger partial charge in [0.25, 0.3) is 5.91 Å². The highest BCUT2D eigenvalue weighted by Crippen LogP contribution is 2.41. The molecule has 0 bridgehead atoms. The highest BCUT2D eigenvalue weighted by atomic mass is 35.5. The molecular formula is C39H44Cl2N8O4. The van der Waals surface area contributed by atoms with E-state index in [0.29, 0.717) is 76.2 Å². The molecule has 12 nitrogen and oxygen atoms in total. The predicted octanol–water partition coefficient (Wildman–Crippen LogP) is 5.45. The Kier molecular flexibility index (Phi) is 11.0. The first-order valence-electron chi connectivity index (χ1n) is 18.1. The van der Waals surface area contributed by atoms with Crippen molar-refractivity contribution in [3.63, 3.8) is 0 Å². The maximum absolute atomic E-state index is 13.7. The topological polar surface area (TPSA) is 134 Å². The summed E-state index contributed by atoms with van der Waals surface area (Å²) < 4.78 is 7.61. The molecule has 3 amide bonds. The zero-order valence-corrected chi connectivity index (χ0v) is 31.7. The molecule has 1 unspecified atom stereocenters. The van der Waals surface area contributed by atoms with Gasteiger partial charge < -0.3 is 30.2 Å². The van der Waals surface area contributed by atoms with E-state index in [9.17, 15) is 14.4 Å². The Bertz CT molecular complexity index is 2040. The number of amides is 3. The molecule has 2 saturated heterocycles. The van der Waals surface area contributed by atoms with Crippen molar-refractivity contribution in [1.29, 1.82) is 0 Å². The van der Waals surface area contributed by atoms with Gasteiger partial charge in [-0.25, -0.2) is 4.98 Å². The van der Waals surface area contributed by atoms with E-state index in [1.807, 2.05) is 46.8 Å². The number of hydrogen-bond acceptors (Lipinski definition) is 8. The fraction of sp³-hybridized carbons (Fsp3) is 0.410. The van der Waals surface area contributed by atoms with Crippen molar-refractivity contribution in [3.05, 3.63) is 81.5 Å². The average Bonchev–Trinajstić information content (AvgIpc) is 3.74. The largest absolute Gasteiger partial charge is 0.496 e. The number of rotatable bonds is 10. The number of nitrogens with one attached hydrogen (secondary N) is 3. The smallest absolute Gasteiger partial charge is 0.291 e. The number of imidazole rings is 1. The molecule has 0 spiro atoms. The van der Waals surface area contributed by atoms with E-state index >= 15 is 0 Å². The Labute approximate surface area is 319 Å². The number of fused-ring (bicyclic) bond motifs is 1. The Balaban J connectivity index is 1.05. The molecule has 0 saturated carbocycles. The SMILES string of the molecule is COc1cc(-c2nccc(-c3cccc(NC(=O)c4nc5c(n4C)CCN(C4CCN(C(C)=O)CC4)C5)c3Cl)c2Cl)ccc1CNCC1CCC(=O)N1. The molecule has 5 heterocycles. The quantitative estimate of drug-likeness (QED) is 0.195. The second-order valence-corrected chi connectivity index (χ2v) is 14.7. The van der Waals surface area contributed by atoms with Crippen molar-refractivity contribution < 1.29 is 19.1 Å². The Morgan fingerprint density at radius 1 is 1.02 bits per heavy atom. The Morgan fingerprint density at radius 2 is 1.81 bits per heavy atom. The van der Waals surface area contributed by atoms with E-state index in [4.69, 9.17) is 32.9 Å². The van der Waals surface area contributed by atoms with Crippen LogP contribution in [0.15, 0.2) is 48.7 Å². The van der Waals surface area contributed by atoms with Gasteiger partial charge in [-0.3, -0.25) is 24.3 Å². The van der Waals surface area contributed by atoms with Crippen LogP contribution in [0.1, 0.15) is 60.2 Å². The molecular weight excluding hydrogens is 715 g/mol. The summed E-state index contributed by atoms with van der Waals surface area (Å²) in [5.41, 5.74) is 6.05. The number of carbonyl (C=O) groups excluding carboxylic acids is 3. The Morgan fingerprint density at radius 3 is 2.55 bits per heavy atom. The van der Waals surface area contributed by atoms with Crippen LogP contribution in [0.4, 0.5) is 5.69 Å². The van der Waals surface area contributed by atoms with Crippen molar-refractivity contribution in [3.8, 4) is 28.1 Å². The maximum Gasteiger partial charge on any atom is 0.291 e. The van der Waals surface area contributed by atoms with Crippen LogP contribution in [-0.2, 0) is 36.1 Å². The number of halogens is 2. The summed E-state index contributed by atoms with van der Waals surface area (Å²) in [4.78, 5) is 50.8. The lowest BCUT2D eigenvalue weighted by atomic mass is 10.00. The molecule has 278 valence electrons. The van der Waals surface area contributed by atoms with E-state index in [0.717, 1.165) is 67.8 Å². The third kappa shape index (κ3) is 7.77. The summed E-state index contributed by atoms with van der Waals surface area (Å²) in [6.07, 6.45) is 5.76. The fourth-order valence-electron chi connectivity index (χ4n) is 7.73. The lowest BCUT2D eigenvalue weighted by molar-refractivity contribution is -0.130. The molecule has 7 rings (SSSR count). The second kappa shape index (κ2) is 15.9. The number of likely N-dealkylation sites (tertiary alicyclic amines) is 1. The van der Waals surface area contributed by atoms with Crippen LogP contribution in [0.3, 0.4) is 0 Å². The lowest BCUT2D eigenvalue weighted by Gasteiger charge is -2.39. The van der Waals surface area contributed by atoms with Crippen LogP contribution < -0.4 is 20.7 Å². The van der Waals surface area contributed by atoms with Gasteiger partial charge in [0.05, 0.1) is 34.2 Å². The number of carbonyl (C=O) groups is 3. The molecule has 4 aromatic rings. The van der Waals surface area contributed by atoms with E-state index in [-0.39, 0.29) is 23.8 Å². The summed E-state index contributed by atoms with van der Waals surface area (Å²) in [5, 5.41) is 10.1. The van der Waals surface area contributed by atoms with Crippen molar-refractivity contribution in [2.75, 3.05) is 38.6 Å². The third-order valence-electron chi connectivity index (χ3n) is 10.7. The van der Waals surface area contributed by atoms with Crippen LogP contribution in [0.2, 0.25) is 10.0 Å². The molecule has 0 radical (unpaired) electrons. The standard InChI is InChI=1S/C39H44Cl2N8O4/c1-23(50)48-16-12-27(13-17-48)49-18-14-32-31(22-49)45-38(47(32)2)39(52)46-30-6-4-5-28(35(30)40)29-11-15-43-37(36(29)41)24-7-8-25(33(19-24)53-3)20-42-21-26-9-10-34(51)44-26/h4-8,11,15,19,26-27,42H,9-10,12-14,16-18,20-22H2,1-3H3,(H,44,51)(H,46,52). The first-order chi connectivity index (χ1) is 25.6. The summed E-state index contributed by atoms with van der Waals surface area (Å²) in [6.45, 7) is 5.99. The fourth-order valence-corrected chi connectivity index (χ4v) is 8.32. The number of ether oxygens (including phenoxy) is 1. The number of hydrogen-bond donors (Lipinski definition) is 3. The molecule has 14 heteroatoms. The van der Waals surface area contributed by atoms with Crippen LogP contribution in [-0.4, -0.2) is 87.4 Å². The van der Waals surface area contributed by atoms with E-state index in [2.05, 4.69) is 25.8 Å². The molecule has 3 aliphatic rings. The van der Waals surface area contributed by atoms with Gasteiger partial charge in [-0.05, 0) is 37.5 Å².